The number of hydrogen-bond acceptors (Lipinski definition) is 1. The zero-order chi connectivity index (χ0) is 12.2. The van der Waals surface area contributed by atoms with Crippen LogP contribution in [-0.2, 0) is 0 Å². The summed E-state index contributed by atoms with van der Waals surface area (Å²) in [7, 11) is 0. The molecule has 1 aromatic rings. The molecule has 0 saturated carbocycles. The van der Waals surface area contributed by atoms with E-state index in [9.17, 15) is 0 Å². The Bertz CT molecular complexity index is 419. The lowest BCUT2D eigenvalue weighted by Crippen LogP contribution is -2.08. The highest BCUT2D eigenvalue weighted by Gasteiger charge is 2.12. The SMILES string of the molecule is C=Cc1ccccc1/N=C\C(=C)C(C)(C)C. The van der Waals surface area contributed by atoms with Crippen LogP contribution in [-0.4, -0.2) is 6.21 Å². The van der Waals surface area contributed by atoms with E-state index in [1.165, 1.54) is 0 Å². The summed E-state index contributed by atoms with van der Waals surface area (Å²) in [4.78, 5) is 4.45. The largest absolute Gasteiger partial charge is 0.256 e. The van der Waals surface area contributed by atoms with Crippen LogP contribution >= 0.6 is 0 Å². The van der Waals surface area contributed by atoms with Gasteiger partial charge in [-0.1, -0.05) is 58.2 Å². The molecule has 1 nitrogen and oxygen atoms in total. The van der Waals surface area contributed by atoms with E-state index in [0.717, 1.165) is 16.8 Å². The van der Waals surface area contributed by atoms with E-state index in [-0.39, 0.29) is 5.41 Å². The molecule has 0 unspecified atom stereocenters. The van der Waals surface area contributed by atoms with Crippen LogP contribution in [0.1, 0.15) is 26.3 Å². The van der Waals surface area contributed by atoms with Crippen LogP contribution in [0.15, 0.2) is 48.0 Å². The Kier molecular flexibility index (Phi) is 3.83. The fourth-order valence-electron chi connectivity index (χ4n) is 1.12. The van der Waals surface area contributed by atoms with Crippen LogP contribution in [0.25, 0.3) is 6.08 Å². The molecule has 1 aromatic carbocycles. The molecule has 16 heavy (non-hydrogen) atoms. The molecule has 0 N–H and O–H groups in total. The second-order valence-electron chi connectivity index (χ2n) is 4.80. The molecule has 0 bridgehead atoms. The monoisotopic (exact) mass is 213 g/mol. The summed E-state index contributed by atoms with van der Waals surface area (Å²) in [5, 5.41) is 0. The summed E-state index contributed by atoms with van der Waals surface area (Å²) in [6, 6.07) is 7.93. The van der Waals surface area contributed by atoms with Gasteiger partial charge in [0.1, 0.15) is 0 Å². The quantitative estimate of drug-likeness (QED) is 0.649. The molecule has 0 heterocycles. The number of para-hydroxylation sites is 1. The normalized spacial score (nSPS) is 11.7. The van der Waals surface area contributed by atoms with Crippen molar-refractivity contribution in [2.45, 2.75) is 20.8 Å². The first-order chi connectivity index (χ1) is 7.45. The van der Waals surface area contributed by atoms with Gasteiger partial charge in [0.15, 0.2) is 0 Å². The lowest BCUT2D eigenvalue weighted by molar-refractivity contribution is 0.528. The zero-order valence-electron chi connectivity index (χ0n) is 10.3. The molecular formula is C15H19N. The Morgan fingerprint density at radius 1 is 1.25 bits per heavy atom. The molecule has 0 aliphatic rings. The summed E-state index contributed by atoms with van der Waals surface area (Å²) in [5.74, 6) is 0. The number of aliphatic imine (C=N–C) groups is 1. The smallest absolute Gasteiger partial charge is 0.0701 e. The summed E-state index contributed by atoms with van der Waals surface area (Å²) in [5.41, 5.74) is 3.06. The Labute approximate surface area is 98.2 Å². The number of rotatable bonds is 3. The van der Waals surface area contributed by atoms with E-state index in [4.69, 9.17) is 0 Å². The van der Waals surface area contributed by atoms with Gasteiger partial charge in [0.25, 0.3) is 0 Å². The van der Waals surface area contributed by atoms with E-state index in [2.05, 4.69) is 38.9 Å². The summed E-state index contributed by atoms with van der Waals surface area (Å²) in [6.45, 7) is 14.2. The van der Waals surface area contributed by atoms with E-state index >= 15 is 0 Å². The van der Waals surface area contributed by atoms with Crippen molar-refractivity contribution in [3.63, 3.8) is 0 Å². The van der Waals surface area contributed by atoms with Gasteiger partial charge in [0.2, 0.25) is 0 Å². The zero-order valence-corrected chi connectivity index (χ0v) is 10.3. The van der Waals surface area contributed by atoms with Crippen molar-refractivity contribution in [2.75, 3.05) is 0 Å². The summed E-state index contributed by atoms with van der Waals surface area (Å²) >= 11 is 0. The van der Waals surface area contributed by atoms with Gasteiger partial charge in [-0.2, -0.15) is 0 Å². The van der Waals surface area contributed by atoms with Crippen LogP contribution in [0.4, 0.5) is 5.69 Å². The number of hydrogen-bond donors (Lipinski definition) is 0. The van der Waals surface area contributed by atoms with Crippen LogP contribution in [0, 0.1) is 5.41 Å². The Balaban J connectivity index is 2.93. The highest BCUT2D eigenvalue weighted by atomic mass is 14.7. The number of nitrogens with zero attached hydrogens (tertiary/aromatic N) is 1. The molecule has 0 fully saturated rings. The first-order valence-corrected chi connectivity index (χ1v) is 5.40. The minimum atomic E-state index is 0.0621. The number of benzene rings is 1. The van der Waals surface area contributed by atoms with Crippen molar-refractivity contribution in [2.24, 2.45) is 10.4 Å². The van der Waals surface area contributed by atoms with Crippen LogP contribution < -0.4 is 0 Å². The fraction of sp³-hybridized carbons (Fsp3) is 0.267. The van der Waals surface area contributed by atoms with Crippen LogP contribution in [0.2, 0.25) is 0 Å². The maximum absolute atomic E-state index is 4.45. The van der Waals surface area contributed by atoms with Gasteiger partial charge in [0.05, 0.1) is 5.69 Å². The van der Waals surface area contributed by atoms with E-state index in [1.807, 2.05) is 36.6 Å². The van der Waals surface area contributed by atoms with Crippen molar-refractivity contribution in [1.29, 1.82) is 0 Å². The minimum Gasteiger partial charge on any atom is -0.256 e. The first-order valence-electron chi connectivity index (χ1n) is 5.40. The van der Waals surface area contributed by atoms with Gasteiger partial charge >= 0.3 is 0 Å². The van der Waals surface area contributed by atoms with E-state index < -0.39 is 0 Å². The van der Waals surface area contributed by atoms with Gasteiger partial charge in [0, 0.05) is 6.21 Å². The highest BCUT2D eigenvalue weighted by Crippen LogP contribution is 2.24. The number of allylic oxidation sites excluding steroid dienone is 1. The average molecular weight is 213 g/mol. The molecule has 84 valence electrons. The van der Waals surface area contributed by atoms with E-state index in [1.54, 1.807) is 0 Å². The lowest BCUT2D eigenvalue weighted by Gasteiger charge is -2.17. The molecule has 0 aliphatic heterocycles. The van der Waals surface area contributed by atoms with Crippen molar-refractivity contribution in [1.82, 2.24) is 0 Å². The molecule has 0 saturated heterocycles. The molecule has 0 spiro atoms. The Morgan fingerprint density at radius 2 is 1.88 bits per heavy atom. The average Bonchev–Trinajstić information content (AvgIpc) is 2.24. The third-order valence-electron chi connectivity index (χ3n) is 2.48. The highest BCUT2D eigenvalue weighted by molar-refractivity contribution is 5.83. The minimum absolute atomic E-state index is 0.0621. The maximum atomic E-state index is 4.45. The van der Waals surface area contributed by atoms with Gasteiger partial charge in [-0.15, -0.1) is 0 Å². The molecule has 0 amide bonds. The van der Waals surface area contributed by atoms with Gasteiger partial charge < -0.3 is 0 Å². The molecule has 0 aromatic heterocycles. The van der Waals surface area contributed by atoms with Gasteiger partial charge in [-0.25, -0.2) is 0 Å². The second kappa shape index (κ2) is 4.93. The molecule has 0 atom stereocenters. The van der Waals surface area contributed by atoms with Crippen molar-refractivity contribution < 1.29 is 0 Å². The fourth-order valence-corrected chi connectivity index (χ4v) is 1.12. The van der Waals surface area contributed by atoms with Crippen molar-refractivity contribution in [3.05, 3.63) is 48.6 Å². The van der Waals surface area contributed by atoms with Gasteiger partial charge in [-0.05, 0) is 22.6 Å². The first kappa shape index (κ1) is 12.4. The van der Waals surface area contributed by atoms with Crippen molar-refractivity contribution in [3.8, 4) is 0 Å². The Morgan fingerprint density at radius 3 is 2.44 bits per heavy atom. The van der Waals surface area contributed by atoms with Crippen LogP contribution in [0.3, 0.4) is 0 Å². The molecule has 0 aliphatic carbocycles. The summed E-state index contributed by atoms with van der Waals surface area (Å²) in [6.07, 6.45) is 3.65. The van der Waals surface area contributed by atoms with Crippen molar-refractivity contribution >= 4 is 18.0 Å². The third-order valence-corrected chi connectivity index (χ3v) is 2.48. The topological polar surface area (TPSA) is 12.4 Å². The maximum Gasteiger partial charge on any atom is 0.0701 e. The Hall–Kier alpha value is -1.63. The van der Waals surface area contributed by atoms with Gasteiger partial charge in [-0.3, -0.25) is 4.99 Å². The van der Waals surface area contributed by atoms with E-state index in [0.29, 0.717) is 0 Å². The molecule has 1 rings (SSSR count). The van der Waals surface area contributed by atoms with Crippen LogP contribution in [0.5, 0.6) is 0 Å². The molecule has 0 radical (unpaired) electrons. The predicted octanol–water partition coefficient (Wildman–Crippen LogP) is 4.63. The predicted molar refractivity (Wildman–Crippen MR) is 73.3 cm³/mol. The lowest BCUT2D eigenvalue weighted by atomic mass is 9.88. The third kappa shape index (κ3) is 3.20. The standard InChI is InChI=1S/C15H19N/c1-6-13-9-7-8-10-14(13)16-11-12(2)15(3,4)5/h6-11H,1-2H2,3-5H3/b16-11-. The summed E-state index contributed by atoms with van der Waals surface area (Å²) < 4.78 is 0. The second-order valence-corrected chi connectivity index (χ2v) is 4.80. The molecular weight excluding hydrogens is 194 g/mol. The molecule has 1 heteroatoms.